The minimum atomic E-state index is 0.0267. The summed E-state index contributed by atoms with van der Waals surface area (Å²) >= 11 is 0. The van der Waals surface area contributed by atoms with Gasteiger partial charge < -0.3 is 10.3 Å². The molecule has 0 fully saturated rings. The van der Waals surface area contributed by atoms with Crippen molar-refractivity contribution in [2.75, 3.05) is 0 Å². The molecule has 0 spiro atoms. The molecular formula is C13H18N4. The predicted molar refractivity (Wildman–Crippen MR) is 68.0 cm³/mol. The summed E-state index contributed by atoms with van der Waals surface area (Å²) in [5, 5.41) is 0. The number of hydrogen-bond acceptors (Lipinski definition) is 3. The standard InChI is InChI=1S/C13H18N4/c1-13(2,3)11-8-16-12(9-15-11)17-6-4-5-10(17)7-14/h4-6,8-9H,7,14H2,1-3H3. The molecule has 0 unspecified atom stereocenters. The lowest BCUT2D eigenvalue weighted by Crippen LogP contribution is -2.15. The lowest BCUT2D eigenvalue weighted by molar-refractivity contribution is 0.564. The van der Waals surface area contributed by atoms with Crippen LogP contribution in [0.1, 0.15) is 32.2 Å². The third kappa shape index (κ3) is 2.36. The number of nitrogens with zero attached hydrogens (tertiary/aromatic N) is 3. The van der Waals surface area contributed by atoms with Crippen LogP contribution in [0.2, 0.25) is 0 Å². The zero-order valence-electron chi connectivity index (χ0n) is 10.5. The van der Waals surface area contributed by atoms with Gasteiger partial charge in [0.25, 0.3) is 0 Å². The predicted octanol–water partition coefficient (Wildman–Crippen LogP) is 2.02. The van der Waals surface area contributed by atoms with Gasteiger partial charge in [0, 0.05) is 23.9 Å². The largest absolute Gasteiger partial charge is 0.325 e. The number of nitrogens with two attached hydrogens (primary N) is 1. The quantitative estimate of drug-likeness (QED) is 0.858. The first-order valence-corrected chi connectivity index (χ1v) is 5.71. The molecule has 0 bridgehead atoms. The molecule has 4 nitrogen and oxygen atoms in total. The summed E-state index contributed by atoms with van der Waals surface area (Å²) in [6.07, 6.45) is 5.57. The molecule has 0 saturated heterocycles. The van der Waals surface area contributed by atoms with Crippen molar-refractivity contribution in [3.05, 3.63) is 42.1 Å². The molecule has 0 aromatic carbocycles. The smallest absolute Gasteiger partial charge is 0.155 e. The molecule has 17 heavy (non-hydrogen) atoms. The number of rotatable bonds is 2. The van der Waals surface area contributed by atoms with Gasteiger partial charge in [-0.3, -0.25) is 4.98 Å². The van der Waals surface area contributed by atoms with Gasteiger partial charge in [0.1, 0.15) is 0 Å². The van der Waals surface area contributed by atoms with E-state index in [1.165, 1.54) is 0 Å². The van der Waals surface area contributed by atoms with E-state index in [9.17, 15) is 0 Å². The van der Waals surface area contributed by atoms with Gasteiger partial charge in [-0.1, -0.05) is 20.8 Å². The molecule has 0 radical (unpaired) electrons. The summed E-state index contributed by atoms with van der Waals surface area (Å²) in [6, 6.07) is 3.95. The summed E-state index contributed by atoms with van der Waals surface area (Å²) in [4.78, 5) is 8.90. The summed E-state index contributed by atoms with van der Waals surface area (Å²) < 4.78 is 1.96. The third-order valence-electron chi connectivity index (χ3n) is 2.70. The lowest BCUT2D eigenvalue weighted by atomic mass is 9.93. The Kier molecular flexibility index (Phi) is 2.98. The van der Waals surface area contributed by atoms with Crippen molar-refractivity contribution in [3.63, 3.8) is 0 Å². The molecule has 0 aliphatic carbocycles. The first-order valence-electron chi connectivity index (χ1n) is 5.71. The van der Waals surface area contributed by atoms with Gasteiger partial charge >= 0.3 is 0 Å². The highest BCUT2D eigenvalue weighted by Crippen LogP contribution is 2.19. The maximum atomic E-state index is 5.66. The van der Waals surface area contributed by atoms with E-state index in [0.29, 0.717) is 6.54 Å². The van der Waals surface area contributed by atoms with Crippen LogP contribution in [0.25, 0.3) is 5.82 Å². The second-order valence-electron chi connectivity index (χ2n) is 5.08. The maximum absolute atomic E-state index is 5.66. The summed E-state index contributed by atoms with van der Waals surface area (Å²) in [6.45, 7) is 6.86. The van der Waals surface area contributed by atoms with Crippen molar-refractivity contribution < 1.29 is 0 Å². The molecule has 2 aromatic heterocycles. The summed E-state index contributed by atoms with van der Waals surface area (Å²) in [5.41, 5.74) is 7.71. The second-order valence-corrected chi connectivity index (χ2v) is 5.08. The molecule has 0 amide bonds. The number of aromatic nitrogens is 3. The van der Waals surface area contributed by atoms with E-state index < -0.39 is 0 Å². The summed E-state index contributed by atoms with van der Waals surface area (Å²) in [7, 11) is 0. The van der Waals surface area contributed by atoms with Crippen molar-refractivity contribution in [1.82, 2.24) is 14.5 Å². The fraction of sp³-hybridized carbons (Fsp3) is 0.385. The van der Waals surface area contributed by atoms with Crippen LogP contribution in [0.3, 0.4) is 0 Å². The first kappa shape index (κ1) is 11.8. The minimum absolute atomic E-state index is 0.0267. The molecule has 0 aliphatic rings. The molecule has 2 rings (SSSR count). The van der Waals surface area contributed by atoms with Crippen LogP contribution in [0.4, 0.5) is 0 Å². The molecule has 2 N–H and O–H groups in total. The van der Waals surface area contributed by atoms with Crippen molar-refractivity contribution in [2.24, 2.45) is 5.73 Å². The Morgan fingerprint density at radius 3 is 2.53 bits per heavy atom. The molecule has 2 aromatic rings. The highest BCUT2D eigenvalue weighted by molar-refractivity contribution is 5.26. The van der Waals surface area contributed by atoms with Gasteiger partial charge in [-0.25, -0.2) is 4.98 Å². The Bertz CT molecular complexity index is 491. The molecule has 0 aliphatic heterocycles. The van der Waals surface area contributed by atoms with Crippen LogP contribution in [-0.4, -0.2) is 14.5 Å². The van der Waals surface area contributed by atoms with Gasteiger partial charge in [0.2, 0.25) is 0 Å². The van der Waals surface area contributed by atoms with Crippen molar-refractivity contribution in [3.8, 4) is 5.82 Å². The Morgan fingerprint density at radius 2 is 2.00 bits per heavy atom. The average Bonchev–Trinajstić information content (AvgIpc) is 2.76. The molecule has 4 heteroatoms. The fourth-order valence-electron chi connectivity index (χ4n) is 1.64. The van der Waals surface area contributed by atoms with Gasteiger partial charge in [0.15, 0.2) is 5.82 Å². The van der Waals surface area contributed by atoms with E-state index in [2.05, 4.69) is 30.7 Å². The normalized spacial score (nSPS) is 11.8. The lowest BCUT2D eigenvalue weighted by Gasteiger charge is -2.17. The molecule has 90 valence electrons. The first-order chi connectivity index (χ1) is 8.02. The Labute approximate surface area is 102 Å². The van der Waals surface area contributed by atoms with Crippen LogP contribution >= 0.6 is 0 Å². The average molecular weight is 230 g/mol. The topological polar surface area (TPSA) is 56.7 Å². The van der Waals surface area contributed by atoms with Crippen LogP contribution in [0, 0.1) is 0 Å². The molecule has 0 atom stereocenters. The van der Waals surface area contributed by atoms with Crippen LogP contribution in [0.5, 0.6) is 0 Å². The third-order valence-corrected chi connectivity index (χ3v) is 2.70. The SMILES string of the molecule is CC(C)(C)c1cnc(-n2cccc2CN)cn1. The monoisotopic (exact) mass is 230 g/mol. The highest BCUT2D eigenvalue weighted by atomic mass is 15.1. The Balaban J connectivity index is 2.36. The van der Waals surface area contributed by atoms with Gasteiger partial charge in [-0.05, 0) is 12.1 Å². The zero-order valence-corrected chi connectivity index (χ0v) is 10.5. The van der Waals surface area contributed by atoms with Gasteiger partial charge in [-0.2, -0.15) is 0 Å². The van der Waals surface area contributed by atoms with Crippen molar-refractivity contribution in [2.45, 2.75) is 32.7 Å². The highest BCUT2D eigenvalue weighted by Gasteiger charge is 2.15. The Morgan fingerprint density at radius 1 is 1.24 bits per heavy atom. The van der Waals surface area contributed by atoms with E-state index in [1.807, 2.05) is 29.1 Å². The van der Waals surface area contributed by atoms with Crippen molar-refractivity contribution in [1.29, 1.82) is 0 Å². The van der Waals surface area contributed by atoms with Gasteiger partial charge in [0.05, 0.1) is 18.1 Å². The van der Waals surface area contributed by atoms with E-state index in [1.54, 1.807) is 6.20 Å². The molecular weight excluding hydrogens is 212 g/mol. The maximum Gasteiger partial charge on any atom is 0.155 e. The second kappa shape index (κ2) is 4.30. The molecule has 2 heterocycles. The van der Waals surface area contributed by atoms with E-state index in [0.717, 1.165) is 17.2 Å². The minimum Gasteiger partial charge on any atom is -0.325 e. The van der Waals surface area contributed by atoms with E-state index >= 15 is 0 Å². The van der Waals surface area contributed by atoms with Crippen LogP contribution in [0.15, 0.2) is 30.7 Å². The Hall–Kier alpha value is -1.68. The van der Waals surface area contributed by atoms with Crippen LogP contribution in [-0.2, 0) is 12.0 Å². The van der Waals surface area contributed by atoms with Crippen LogP contribution < -0.4 is 5.73 Å². The number of hydrogen-bond donors (Lipinski definition) is 1. The van der Waals surface area contributed by atoms with Crippen molar-refractivity contribution >= 4 is 0 Å². The van der Waals surface area contributed by atoms with E-state index in [4.69, 9.17) is 5.73 Å². The van der Waals surface area contributed by atoms with E-state index in [-0.39, 0.29) is 5.41 Å². The molecule has 0 saturated carbocycles. The summed E-state index contributed by atoms with van der Waals surface area (Å²) in [5.74, 6) is 0.809. The van der Waals surface area contributed by atoms with Gasteiger partial charge in [-0.15, -0.1) is 0 Å². The fourth-order valence-corrected chi connectivity index (χ4v) is 1.64. The zero-order chi connectivity index (χ0) is 12.5.